The van der Waals surface area contributed by atoms with Crippen LogP contribution in [0.1, 0.15) is 16.7 Å². The minimum absolute atomic E-state index is 0.251. The number of rotatable bonds is 12. The number of nitrogens with zero attached hydrogens (tertiary/aromatic N) is 1. The van der Waals surface area contributed by atoms with E-state index in [-0.39, 0.29) is 6.54 Å². The van der Waals surface area contributed by atoms with Gasteiger partial charge >= 0.3 is 0 Å². The van der Waals surface area contributed by atoms with Crippen molar-refractivity contribution in [2.45, 2.75) is 13.2 Å². The van der Waals surface area contributed by atoms with Crippen molar-refractivity contribution in [3.8, 4) is 11.5 Å². The second kappa shape index (κ2) is 11.9. The van der Waals surface area contributed by atoms with Gasteiger partial charge in [0.25, 0.3) is 0 Å². The maximum absolute atomic E-state index is 11.5. The molecule has 0 spiro atoms. The van der Waals surface area contributed by atoms with Crippen LogP contribution in [0.2, 0.25) is 5.02 Å². The van der Waals surface area contributed by atoms with Crippen LogP contribution in [0.5, 0.6) is 11.5 Å². The molecule has 0 aliphatic rings. The molecule has 0 fully saturated rings. The molecule has 0 aliphatic carbocycles. The van der Waals surface area contributed by atoms with Gasteiger partial charge in [-0.2, -0.15) is 0 Å². The van der Waals surface area contributed by atoms with Crippen molar-refractivity contribution >= 4 is 27.3 Å². The third-order valence-corrected chi connectivity index (χ3v) is 6.13. The third-order valence-electron chi connectivity index (χ3n) is 5.15. The first-order valence-electron chi connectivity index (χ1n) is 10.7. The summed E-state index contributed by atoms with van der Waals surface area (Å²) < 4.78 is 37.1. The van der Waals surface area contributed by atoms with Gasteiger partial charge in [0.2, 0.25) is 10.0 Å². The molecule has 3 aromatic carbocycles. The Bertz CT molecular complexity index is 1200. The molecule has 1 N–H and O–H groups in total. The van der Waals surface area contributed by atoms with E-state index in [1.807, 2.05) is 77.7 Å². The fourth-order valence-corrected chi connectivity index (χ4v) is 3.96. The highest BCUT2D eigenvalue weighted by molar-refractivity contribution is 7.88. The lowest BCUT2D eigenvalue weighted by Crippen LogP contribution is -2.33. The molecule has 0 atom stereocenters. The van der Waals surface area contributed by atoms with E-state index in [2.05, 4.69) is 11.3 Å². The number of nitrogens with one attached hydrogen (secondary N) is 1. The van der Waals surface area contributed by atoms with Crippen LogP contribution in [0.25, 0.3) is 5.70 Å². The van der Waals surface area contributed by atoms with E-state index in [0.717, 1.165) is 28.6 Å². The van der Waals surface area contributed by atoms with E-state index in [0.29, 0.717) is 36.2 Å². The smallest absolute Gasteiger partial charge is 0.208 e. The summed E-state index contributed by atoms with van der Waals surface area (Å²) in [5.74, 6) is 1.22. The summed E-state index contributed by atoms with van der Waals surface area (Å²) in [5.41, 5.74) is 3.67. The molecule has 0 aliphatic heterocycles. The summed E-state index contributed by atoms with van der Waals surface area (Å²) in [7, 11) is -1.70. The van der Waals surface area contributed by atoms with Crippen LogP contribution < -0.4 is 14.2 Å². The van der Waals surface area contributed by atoms with Crippen molar-refractivity contribution in [1.82, 2.24) is 9.62 Å². The molecule has 0 radical (unpaired) electrons. The Morgan fingerprint density at radius 2 is 1.71 bits per heavy atom. The van der Waals surface area contributed by atoms with Crippen LogP contribution in [0.15, 0.2) is 79.4 Å². The monoisotopic (exact) mass is 500 g/mol. The molecule has 6 nitrogen and oxygen atoms in total. The number of ether oxygens (including phenoxy) is 2. The lowest BCUT2D eigenvalue weighted by Gasteiger charge is -2.28. The second-order valence-corrected chi connectivity index (χ2v) is 10.1. The van der Waals surface area contributed by atoms with Crippen molar-refractivity contribution in [3.63, 3.8) is 0 Å². The fourth-order valence-electron chi connectivity index (χ4n) is 3.37. The van der Waals surface area contributed by atoms with Gasteiger partial charge in [0.05, 0.1) is 13.4 Å². The van der Waals surface area contributed by atoms with E-state index in [4.69, 9.17) is 21.1 Å². The van der Waals surface area contributed by atoms with Gasteiger partial charge in [-0.15, -0.1) is 0 Å². The minimum Gasteiger partial charge on any atom is -0.493 e. The van der Waals surface area contributed by atoms with Gasteiger partial charge < -0.3 is 14.4 Å². The Balaban J connectivity index is 1.78. The van der Waals surface area contributed by atoms with Crippen molar-refractivity contribution in [2.24, 2.45) is 0 Å². The molecular weight excluding hydrogens is 472 g/mol. The van der Waals surface area contributed by atoms with Crippen molar-refractivity contribution in [1.29, 1.82) is 0 Å². The van der Waals surface area contributed by atoms with Gasteiger partial charge in [-0.1, -0.05) is 60.6 Å². The van der Waals surface area contributed by atoms with Gasteiger partial charge in [-0.25, -0.2) is 13.1 Å². The minimum atomic E-state index is -3.29. The van der Waals surface area contributed by atoms with Gasteiger partial charge in [-0.05, 0) is 41.5 Å². The maximum atomic E-state index is 11.5. The normalized spacial score (nSPS) is 11.1. The lowest BCUT2D eigenvalue weighted by molar-refractivity contribution is 0.284. The number of methoxy groups -OCH3 is 1. The van der Waals surface area contributed by atoms with Crippen LogP contribution in [0.3, 0.4) is 0 Å². The quantitative estimate of drug-likeness (QED) is 0.381. The fraction of sp³-hybridized carbons (Fsp3) is 0.231. The predicted molar refractivity (Wildman–Crippen MR) is 138 cm³/mol. The van der Waals surface area contributed by atoms with Gasteiger partial charge in [0.1, 0.15) is 6.61 Å². The average Bonchev–Trinajstić information content (AvgIpc) is 2.82. The van der Waals surface area contributed by atoms with Crippen LogP contribution in [-0.4, -0.2) is 39.8 Å². The first-order chi connectivity index (χ1) is 16.2. The first kappa shape index (κ1) is 25.6. The molecule has 0 saturated heterocycles. The molecule has 0 amide bonds. The number of benzene rings is 3. The van der Waals surface area contributed by atoms with Gasteiger partial charge in [0, 0.05) is 35.9 Å². The molecule has 0 unspecified atom stereocenters. The van der Waals surface area contributed by atoms with E-state index >= 15 is 0 Å². The largest absolute Gasteiger partial charge is 0.493 e. The summed E-state index contributed by atoms with van der Waals surface area (Å²) >= 11 is 6.02. The Morgan fingerprint density at radius 3 is 2.35 bits per heavy atom. The molecular formula is C26H29ClN2O4S. The van der Waals surface area contributed by atoms with E-state index in [1.54, 1.807) is 7.11 Å². The summed E-state index contributed by atoms with van der Waals surface area (Å²) in [6.07, 6.45) is 1.14. The number of sulfonamides is 1. The third kappa shape index (κ3) is 7.80. The molecule has 180 valence electrons. The average molecular weight is 501 g/mol. The molecule has 0 heterocycles. The topological polar surface area (TPSA) is 67.9 Å². The van der Waals surface area contributed by atoms with Crippen molar-refractivity contribution in [3.05, 3.63) is 101 Å². The summed E-state index contributed by atoms with van der Waals surface area (Å²) in [6.45, 7) is 5.93. The first-order valence-corrected chi connectivity index (χ1v) is 13.0. The zero-order valence-corrected chi connectivity index (χ0v) is 20.9. The molecule has 0 aromatic heterocycles. The van der Waals surface area contributed by atoms with E-state index < -0.39 is 10.0 Å². The molecule has 34 heavy (non-hydrogen) atoms. The highest BCUT2D eigenvalue weighted by atomic mass is 35.5. The van der Waals surface area contributed by atoms with Crippen LogP contribution in [-0.2, 0) is 23.2 Å². The van der Waals surface area contributed by atoms with Crippen molar-refractivity contribution < 1.29 is 17.9 Å². The number of halogens is 1. The Labute approximate surface area is 206 Å². The second-order valence-electron chi connectivity index (χ2n) is 7.80. The van der Waals surface area contributed by atoms with Crippen LogP contribution in [0.4, 0.5) is 0 Å². The zero-order valence-electron chi connectivity index (χ0n) is 19.3. The van der Waals surface area contributed by atoms with Crippen molar-refractivity contribution in [2.75, 3.05) is 26.5 Å². The van der Waals surface area contributed by atoms with E-state index in [1.165, 1.54) is 0 Å². The molecule has 0 saturated carbocycles. The van der Waals surface area contributed by atoms with Gasteiger partial charge in [-0.3, -0.25) is 0 Å². The Kier molecular flexibility index (Phi) is 8.98. The Morgan fingerprint density at radius 1 is 1.00 bits per heavy atom. The SMILES string of the molecule is C=C(c1ccc(OCc2ccccc2)c(OC)c1)N(CCNS(C)(=O)=O)Cc1ccc(Cl)cc1. The molecule has 8 heteroatoms. The van der Waals surface area contributed by atoms with E-state index in [9.17, 15) is 8.42 Å². The maximum Gasteiger partial charge on any atom is 0.208 e. The summed E-state index contributed by atoms with van der Waals surface area (Å²) in [5, 5.41) is 0.656. The standard InChI is InChI=1S/C26H29ClN2O4S/c1-20(29(16-15-28-34(3,30)31)18-21-9-12-24(27)13-10-21)23-11-14-25(26(17-23)32-2)33-19-22-7-5-4-6-8-22/h4-14,17,28H,1,15-16,18-19H2,2-3H3. The molecule has 3 aromatic rings. The summed E-state index contributed by atoms with van der Waals surface area (Å²) in [4.78, 5) is 2.01. The highest BCUT2D eigenvalue weighted by Gasteiger charge is 2.15. The summed E-state index contributed by atoms with van der Waals surface area (Å²) in [6, 6.07) is 23.1. The van der Waals surface area contributed by atoms with Crippen LogP contribution in [0, 0.1) is 0 Å². The zero-order chi connectivity index (χ0) is 24.6. The lowest BCUT2D eigenvalue weighted by atomic mass is 10.1. The highest BCUT2D eigenvalue weighted by Crippen LogP contribution is 2.32. The number of hydrogen-bond acceptors (Lipinski definition) is 5. The van der Waals surface area contributed by atoms with Gasteiger partial charge in [0.15, 0.2) is 11.5 Å². The predicted octanol–water partition coefficient (Wildman–Crippen LogP) is 4.95. The Hall–Kier alpha value is -3.00. The number of hydrogen-bond donors (Lipinski definition) is 1. The molecule has 3 rings (SSSR count). The molecule has 0 bridgehead atoms. The van der Waals surface area contributed by atoms with Crippen LogP contribution >= 0.6 is 11.6 Å².